The van der Waals surface area contributed by atoms with E-state index < -0.39 is 0 Å². The zero-order valence-corrected chi connectivity index (χ0v) is 7.61. The van der Waals surface area contributed by atoms with Crippen molar-refractivity contribution in [3.05, 3.63) is 48.3 Å². The van der Waals surface area contributed by atoms with Gasteiger partial charge in [0, 0.05) is 18.9 Å². The van der Waals surface area contributed by atoms with Gasteiger partial charge in [-0.3, -0.25) is 0 Å². The summed E-state index contributed by atoms with van der Waals surface area (Å²) >= 11 is 0. The summed E-state index contributed by atoms with van der Waals surface area (Å²) in [5.74, 6) is 0. The average Bonchev–Trinajstić information content (AvgIpc) is 2.69. The van der Waals surface area contributed by atoms with E-state index in [1.807, 2.05) is 6.20 Å². The maximum Gasteiger partial charge on any atom is 0.0867 e. The monoisotopic (exact) mass is 174 g/mol. The lowest BCUT2D eigenvalue weighted by Gasteiger charge is -2.14. The summed E-state index contributed by atoms with van der Waals surface area (Å²) in [6.07, 6.45) is 5.21. The molecule has 0 amide bonds. The highest BCUT2D eigenvalue weighted by Crippen LogP contribution is 2.02. The number of hydrogen-bond acceptors (Lipinski definition) is 2. The largest absolute Gasteiger partial charge is 0.373 e. The molecule has 0 spiro atoms. The van der Waals surface area contributed by atoms with Crippen LogP contribution in [-0.4, -0.2) is 18.1 Å². The third kappa shape index (κ3) is 2.25. The summed E-state index contributed by atoms with van der Waals surface area (Å²) in [5, 5.41) is 3.15. The second kappa shape index (κ2) is 3.99. The lowest BCUT2D eigenvalue weighted by atomic mass is 10.1. The first kappa shape index (κ1) is 8.17. The molecule has 0 aromatic heterocycles. The molecule has 0 aliphatic carbocycles. The Morgan fingerprint density at radius 1 is 1.23 bits per heavy atom. The molecule has 1 aliphatic heterocycles. The molecule has 1 aliphatic rings. The second-order valence-corrected chi connectivity index (χ2v) is 3.23. The molecule has 68 valence electrons. The Hall–Kier alpha value is -1.44. The lowest BCUT2D eigenvalue weighted by molar-refractivity contribution is 0.395. The second-order valence-electron chi connectivity index (χ2n) is 3.23. The van der Waals surface area contributed by atoms with Crippen LogP contribution in [0.3, 0.4) is 0 Å². The van der Waals surface area contributed by atoms with Crippen molar-refractivity contribution in [3.8, 4) is 0 Å². The molecule has 1 aromatic rings. The molecule has 2 heteroatoms. The van der Waals surface area contributed by atoms with Crippen LogP contribution in [0.15, 0.2) is 42.7 Å². The van der Waals surface area contributed by atoms with E-state index in [1.54, 1.807) is 0 Å². The molecule has 1 heterocycles. The number of nitrogens with zero attached hydrogens (tertiary/aromatic N) is 1. The van der Waals surface area contributed by atoms with Crippen LogP contribution in [0, 0.1) is 0 Å². The van der Waals surface area contributed by atoms with Crippen LogP contribution >= 0.6 is 0 Å². The van der Waals surface area contributed by atoms with Crippen LogP contribution in [-0.2, 0) is 6.42 Å². The van der Waals surface area contributed by atoms with Crippen molar-refractivity contribution in [2.24, 2.45) is 0 Å². The molecule has 0 saturated carbocycles. The van der Waals surface area contributed by atoms with Crippen LogP contribution in [0.4, 0.5) is 0 Å². The van der Waals surface area contributed by atoms with E-state index in [4.69, 9.17) is 0 Å². The Morgan fingerprint density at radius 2 is 2.08 bits per heavy atom. The van der Waals surface area contributed by atoms with Crippen LogP contribution in [0.1, 0.15) is 5.56 Å². The highest BCUT2D eigenvalue weighted by molar-refractivity contribution is 5.15. The molecule has 13 heavy (non-hydrogen) atoms. The highest BCUT2D eigenvalue weighted by Gasteiger charge is 2.02. The minimum absolute atomic E-state index is 0.951. The molecule has 0 bridgehead atoms. The molecule has 0 unspecified atom stereocenters. The fourth-order valence-electron chi connectivity index (χ4n) is 1.45. The van der Waals surface area contributed by atoms with Crippen molar-refractivity contribution in [2.75, 3.05) is 13.2 Å². The molecule has 2 rings (SSSR count). The van der Waals surface area contributed by atoms with Gasteiger partial charge in [-0.15, -0.1) is 0 Å². The molecule has 0 saturated heterocycles. The molecular formula is C11H14N2. The van der Waals surface area contributed by atoms with E-state index in [1.165, 1.54) is 5.56 Å². The first-order valence-corrected chi connectivity index (χ1v) is 4.63. The quantitative estimate of drug-likeness (QED) is 0.748. The lowest BCUT2D eigenvalue weighted by Crippen LogP contribution is -2.22. The van der Waals surface area contributed by atoms with Crippen molar-refractivity contribution < 1.29 is 0 Å². The predicted octanol–water partition coefficient (Wildman–Crippen LogP) is 1.56. The zero-order chi connectivity index (χ0) is 8.93. The topological polar surface area (TPSA) is 15.3 Å². The van der Waals surface area contributed by atoms with E-state index >= 15 is 0 Å². The maximum atomic E-state index is 3.15. The van der Waals surface area contributed by atoms with Crippen LogP contribution in [0.5, 0.6) is 0 Å². The third-order valence-electron chi connectivity index (χ3n) is 2.23. The molecule has 0 fully saturated rings. The predicted molar refractivity (Wildman–Crippen MR) is 54.0 cm³/mol. The number of nitrogens with one attached hydrogen (secondary N) is 1. The first-order valence-electron chi connectivity index (χ1n) is 4.63. The van der Waals surface area contributed by atoms with Gasteiger partial charge in [-0.2, -0.15) is 0 Å². The molecule has 2 nitrogen and oxygen atoms in total. The van der Waals surface area contributed by atoms with E-state index in [0.717, 1.165) is 19.6 Å². The Bertz CT molecular complexity index is 279. The average molecular weight is 174 g/mol. The van der Waals surface area contributed by atoms with Gasteiger partial charge in [0.2, 0.25) is 0 Å². The van der Waals surface area contributed by atoms with Crippen LogP contribution in [0.25, 0.3) is 0 Å². The Labute approximate surface area is 78.9 Å². The van der Waals surface area contributed by atoms with E-state index in [-0.39, 0.29) is 0 Å². The van der Waals surface area contributed by atoms with Crippen molar-refractivity contribution in [3.63, 3.8) is 0 Å². The van der Waals surface area contributed by atoms with Crippen LogP contribution in [0.2, 0.25) is 0 Å². The summed E-state index contributed by atoms with van der Waals surface area (Å²) in [5.41, 5.74) is 1.41. The van der Waals surface area contributed by atoms with Crippen molar-refractivity contribution in [1.29, 1.82) is 0 Å². The molecule has 1 aromatic carbocycles. The van der Waals surface area contributed by atoms with Gasteiger partial charge in [-0.05, 0) is 12.0 Å². The highest BCUT2D eigenvalue weighted by atomic mass is 15.2. The fraction of sp³-hybridized carbons (Fsp3) is 0.273. The first-order chi connectivity index (χ1) is 6.45. The van der Waals surface area contributed by atoms with Gasteiger partial charge in [0.1, 0.15) is 0 Å². The Balaban J connectivity index is 1.82. The van der Waals surface area contributed by atoms with Crippen molar-refractivity contribution in [2.45, 2.75) is 6.42 Å². The third-order valence-corrected chi connectivity index (χ3v) is 2.23. The summed E-state index contributed by atoms with van der Waals surface area (Å²) in [4.78, 5) is 2.27. The summed E-state index contributed by atoms with van der Waals surface area (Å²) in [7, 11) is 0. The zero-order valence-electron chi connectivity index (χ0n) is 7.61. The number of rotatable bonds is 3. The summed E-state index contributed by atoms with van der Waals surface area (Å²) < 4.78 is 0. The molecule has 0 atom stereocenters. The number of hydrogen-bond donors (Lipinski definition) is 1. The van der Waals surface area contributed by atoms with E-state index in [0.29, 0.717) is 0 Å². The van der Waals surface area contributed by atoms with Crippen molar-refractivity contribution in [1.82, 2.24) is 10.2 Å². The van der Waals surface area contributed by atoms with Crippen LogP contribution < -0.4 is 5.32 Å². The number of benzene rings is 1. The summed E-state index contributed by atoms with van der Waals surface area (Å²) in [6, 6.07) is 10.6. The van der Waals surface area contributed by atoms with Gasteiger partial charge in [0.15, 0.2) is 0 Å². The molecule has 0 radical (unpaired) electrons. The Kier molecular flexibility index (Phi) is 2.51. The SMILES string of the molecule is C1=CN(CCc2ccccc2)CN1. The standard InChI is InChI=1S/C11H14N2/c1-2-4-11(5-3-1)6-8-13-9-7-12-10-13/h1-5,7,9,12H,6,8,10H2. The van der Waals surface area contributed by atoms with E-state index in [9.17, 15) is 0 Å². The van der Waals surface area contributed by atoms with Gasteiger partial charge in [0.25, 0.3) is 0 Å². The maximum absolute atomic E-state index is 3.15. The van der Waals surface area contributed by atoms with Gasteiger partial charge in [-0.25, -0.2) is 0 Å². The molecular weight excluding hydrogens is 160 g/mol. The minimum Gasteiger partial charge on any atom is -0.373 e. The van der Waals surface area contributed by atoms with Gasteiger partial charge >= 0.3 is 0 Å². The fourth-order valence-corrected chi connectivity index (χ4v) is 1.45. The minimum atomic E-state index is 0.951. The smallest absolute Gasteiger partial charge is 0.0867 e. The van der Waals surface area contributed by atoms with Crippen molar-refractivity contribution >= 4 is 0 Å². The van der Waals surface area contributed by atoms with Gasteiger partial charge in [0.05, 0.1) is 6.67 Å². The Morgan fingerprint density at radius 3 is 2.77 bits per heavy atom. The van der Waals surface area contributed by atoms with E-state index in [2.05, 4.69) is 46.7 Å². The summed E-state index contributed by atoms with van der Waals surface area (Å²) in [6.45, 7) is 2.04. The normalized spacial score (nSPS) is 14.6. The molecule has 1 N–H and O–H groups in total. The van der Waals surface area contributed by atoms with Gasteiger partial charge < -0.3 is 10.2 Å². The van der Waals surface area contributed by atoms with Gasteiger partial charge in [-0.1, -0.05) is 30.3 Å².